The van der Waals surface area contributed by atoms with Crippen LogP contribution in [0.2, 0.25) is 0 Å². The van der Waals surface area contributed by atoms with Crippen LogP contribution in [-0.2, 0) is 0 Å². The Labute approximate surface area is 173 Å². The predicted molar refractivity (Wildman–Crippen MR) is 121 cm³/mol. The van der Waals surface area contributed by atoms with Gasteiger partial charge in [0.05, 0.1) is 6.10 Å². The molecule has 0 aliphatic carbocycles. The first kappa shape index (κ1) is 21.7. The van der Waals surface area contributed by atoms with Crippen LogP contribution in [0.1, 0.15) is 43.6 Å². The standard InChI is InChI=1S/C22H29N3O2S/c1-6-25(7-2)18-11-12-20(16(5)13-18)23-22(28)24-21(26)17-9-8-10-19(14-17)27-15(3)4/h8-15H,6-7H2,1-5H3,(H2,23,24,26,28). The number of anilines is 2. The fraction of sp³-hybridized carbons (Fsp3) is 0.364. The number of hydrogen-bond donors (Lipinski definition) is 2. The van der Waals surface area contributed by atoms with Gasteiger partial charge in [-0.3, -0.25) is 10.1 Å². The van der Waals surface area contributed by atoms with Gasteiger partial charge < -0.3 is 15.0 Å². The van der Waals surface area contributed by atoms with E-state index in [1.807, 2.05) is 32.9 Å². The summed E-state index contributed by atoms with van der Waals surface area (Å²) in [5.41, 5.74) is 3.60. The first-order valence-corrected chi connectivity index (χ1v) is 9.99. The molecule has 0 heterocycles. The number of ether oxygens (including phenoxy) is 1. The number of nitrogens with one attached hydrogen (secondary N) is 2. The van der Waals surface area contributed by atoms with Crippen LogP contribution in [0, 0.1) is 6.92 Å². The minimum Gasteiger partial charge on any atom is -0.491 e. The molecule has 0 saturated heterocycles. The molecule has 5 nitrogen and oxygen atoms in total. The number of carbonyl (C=O) groups excluding carboxylic acids is 1. The SMILES string of the molecule is CCN(CC)c1ccc(NC(=S)NC(=O)c2cccc(OC(C)C)c2)c(C)c1. The van der Waals surface area contributed by atoms with Gasteiger partial charge in [-0.15, -0.1) is 0 Å². The van der Waals surface area contributed by atoms with Gasteiger partial charge in [0.25, 0.3) is 5.91 Å². The smallest absolute Gasteiger partial charge is 0.257 e. The Hall–Kier alpha value is -2.60. The van der Waals surface area contributed by atoms with Crippen LogP contribution in [0.3, 0.4) is 0 Å². The molecule has 0 unspecified atom stereocenters. The maximum atomic E-state index is 12.5. The lowest BCUT2D eigenvalue weighted by molar-refractivity contribution is 0.0977. The molecule has 0 aliphatic rings. The first-order valence-electron chi connectivity index (χ1n) is 9.58. The van der Waals surface area contributed by atoms with E-state index in [-0.39, 0.29) is 17.1 Å². The van der Waals surface area contributed by atoms with Crippen molar-refractivity contribution in [3.63, 3.8) is 0 Å². The molecule has 0 aromatic heterocycles. The van der Waals surface area contributed by atoms with E-state index in [0.29, 0.717) is 11.3 Å². The van der Waals surface area contributed by atoms with E-state index in [1.54, 1.807) is 18.2 Å². The second-order valence-electron chi connectivity index (χ2n) is 6.77. The third kappa shape index (κ3) is 5.96. The molecule has 0 saturated carbocycles. The topological polar surface area (TPSA) is 53.6 Å². The highest BCUT2D eigenvalue weighted by Gasteiger charge is 2.11. The molecule has 0 radical (unpaired) electrons. The van der Waals surface area contributed by atoms with E-state index < -0.39 is 0 Å². The Morgan fingerprint density at radius 3 is 2.46 bits per heavy atom. The van der Waals surface area contributed by atoms with E-state index in [9.17, 15) is 4.79 Å². The van der Waals surface area contributed by atoms with Gasteiger partial charge in [-0.1, -0.05) is 6.07 Å². The largest absolute Gasteiger partial charge is 0.491 e. The van der Waals surface area contributed by atoms with Crippen LogP contribution in [0.25, 0.3) is 0 Å². The zero-order valence-corrected chi connectivity index (χ0v) is 18.0. The first-order chi connectivity index (χ1) is 13.3. The highest BCUT2D eigenvalue weighted by Crippen LogP contribution is 2.22. The van der Waals surface area contributed by atoms with E-state index in [2.05, 4.69) is 41.5 Å². The van der Waals surface area contributed by atoms with Crippen molar-refractivity contribution < 1.29 is 9.53 Å². The van der Waals surface area contributed by atoms with Crippen molar-refractivity contribution in [2.24, 2.45) is 0 Å². The Balaban J connectivity index is 2.03. The van der Waals surface area contributed by atoms with Crippen LogP contribution in [-0.4, -0.2) is 30.2 Å². The quantitative estimate of drug-likeness (QED) is 0.658. The summed E-state index contributed by atoms with van der Waals surface area (Å²) >= 11 is 5.32. The Morgan fingerprint density at radius 2 is 1.86 bits per heavy atom. The van der Waals surface area contributed by atoms with Crippen molar-refractivity contribution in [2.75, 3.05) is 23.3 Å². The van der Waals surface area contributed by atoms with Gasteiger partial charge in [-0.25, -0.2) is 0 Å². The van der Waals surface area contributed by atoms with Crippen molar-refractivity contribution in [1.82, 2.24) is 5.32 Å². The summed E-state index contributed by atoms with van der Waals surface area (Å²) in [6, 6.07) is 13.2. The highest BCUT2D eigenvalue weighted by molar-refractivity contribution is 7.80. The fourth-order valence-electron chi connectivity index (χ4n) is 2.89. The Morgan fingerprint density at radius 1 is 1.14 bits per heavy atom. The molecular weight excluding hydrogens is 370 g/mol. The molecule has 2 aromatic rings. The number of thiocarbonyl (C=S) groups is 1. The van der Waals surface area contributed by atoms with Gasteiger partial charge >= 0.3 is 0 Å². The normalized spacial score (nSPS) is 10.5. The number of hydrogen-bond acceptors (Lipinski definition) is 4. The molecule has 0 fully saturated rings. The van der Waals surface area contributed by atoms with Crippen molar-refractivity contribution in [1.29, 1.82) is 0 Å². The van der Waals surface area contributed by atoms with Crippen LogP contribution in [0.15, 0.2) is 42.5 Å². The van der Waals surface area contributed by atoms with Gasteiger partial charge in [0.15, 0.2) is 5.11 Å². The lowest BCUT2D eigenvalue weighted by atomic mass is 10.1. The highest BCUT2D eigenvalue weighted by atomic mass is 32.1. The molecule has 0 atom stereocenters. The molecular formula is C22H29N3O2S. The Bertz CT molecular complexity index is 832. The molecule has 6 heteroatoms. The molecule has 1 amide bonds. The molecule has 150 valence electrons. The second-order valence-corrected chi connectivity index (χ2v) is 7.18. The van der Waals surface area contributed by atoms with E-state index in [1.165, 1.54) is 5.69 Å². The third-order valence-corrected chi connectivity index (χ3v) is 4.49. The van der Waals surface area contributed by atoms with Crippen LogP contribution in [0.4, 0.5) is 11.4 Å². The summed E-state index contributed by atoms with van der Waals surface area (Å²) < 4.78 is 5.64. The van der Waals surface area contributed by atoms with Crippen molar-refractivity contribution in [3.05, 3.63) is 53.6 Å². The molecule has 2 N–H and O–H groups in total. The summed E-state index contributed by atoms with van der Waals surface area (Å²) in [6.45, 7) is 12.1. The number of carbonyl (C=O) groups is 1. The third-order valence-electron chi connectivity index (χ3n) is 4.28. The summed E-state index contributed by atoms with van der Waals surface area (Å²) in [5, 5.41) is 6.10. The lowest BCUT2D eigenvalue weighted by Gasteiger charge is -2.22. The molecule has 0 bridgehead atoms. The number of nitrogens with zero attached hydrogens (tertiary/aromatic N) is 1. The zero-order chi connectivity index (χ0) is 20.7. The zero-order valence-electron chi connectivity index (χ0n) is 17.2. The van der Waals surface area contributed by atoms with E-state index >= 15 is 0 Å². The van der Waals surface area contributed by atoms with Crippen molar-refractivity contribution >= 4 is 34.6 Å². The summed E-state index contributed by atoms with van der Waals surface area (Å²) in [4.78, 5) is 14.8. The number of aryl methyl sites for hydroxylation is 1. The van der Waals surface area contributed by atoms with Gasteiger partial charge in [-0.2, -0.15) is 0 Å². The lowest BCUT2D eigenvalue weighted by Crippen LogP contribution is -2.34. The second kappa shape index (κ2) is 10.1. The molecule has 28 heavy (non-hydrogen) atoms. The average Bonchev–Trinajstić information content (AvgIpc) is 2.64. The van der Waals surface area contributed by atoms with Crippen molar-refractivity contribution in [2.45, 2.75) is 40.7 Å². The van der Waals surface area contributed by atoms with Crippen LogP contribution < -0.4 is 20.3 Å². The molecule has 0 aliphatic heterocycles. The maximum Gasteiger partial charge on any atom is 0.257 e. The summed E-state index contributed by atoms with van der Waals surface area (Å²) in [5.74, 6) is 0.383. The van der Waals surface area contributed by atoms with E-state index in [4.69, 9.17) is 17.0 Å². The number of rotatable bonds is 7. The van der Waals surface area contributed by atoms with Crippen LogP contribution >= 0.6 is 12.2 Å². The fourth-order valence-corrected chi connectivity index (χ4v) is 3.09. The van der Waals surface area contributed by atoms with Gasteiger partial charge in [-0.05, 0) is 88.8 Å². The summed E-state index contributed by atoms with van der Waals surface area (Å²) in [7, 11) is 0. The molecule has 2 aromatic carbocycles. The number of amides is 1. The van der Waals surface area contributed by atoms with E-state index in [0.717, 1.165) is 24.3 Å². The number of benzene rings is 2. The molecule has 2 rings (SSSR count). The Kier molecular flexibility index (Phi) is 7.81. The van der Waals surface area contributed by atoms with Gasteiger partial charge in [0.1, 0.15) is 5.75 Å². The summed E-state index contributed by atoms with van der Waals surface area (Å²) in [6.07, 6.45) is 0.0448. The maximum absolute atomic E-state index is 12.5. The van der Waals surface area contributed by atoms with Crippen molar-refractivity contribution in [3.8, 4) is 5.75 Å². The minimum absolute atomic E-state index is 0.0448. The monoisotopic (exact) mass is 399 g/mol. The van der Waals surface area contributed by atoms with Gasteiger partial charge in [0.2, 0.25) is 0 Å². The average molecular weight is 400 g/mol. The molecule has 0 spiro atoms. The van der Waals surface area contributed by atoms with Gasteiger partial charge in [0, 0.05) is 30.0 Å². The minimum atomic E-state index is -0.274. The van der Waals surface area contributed by atoms with Crippen LogP contribution in [0.5, 0.6) is 5.75 Å². The predicted octanol–water partition coefficient (Wildman–Crippen LogP) is 4.76.